The average Bonchev–Trinajstić information content (AvgIpc) is 2.65. The summed E-state index contributed by atoms with van der Waals surface area (Å²) in [6, 6.07) is 1.63. The maximum Gasteiger partial charge on any atom is 0.240 e. The number of anilines is 1. The van der Waals surface area contributed by atoms with Crippen molar-refractivity contribution in [2.45, 2.75) is 40.0 Å². The van der Waals surface area contributed by atoms with E-state index in [1.54, 1.807) is 6.07 Å². The number of hydrogen-bond acceptors (Lipinski definition) is 4. The van der Waals surface area contributed by atoms with Crippen molar-refractivity contribution in [2.24, 2.45) is 11.1 Å². The fourth-order valence-corrected chi connectivity index (χ4v) is 1.07. The van der Waals surface area contributed by atoms with Crippen molar-refractivity contribution < 1.29 is 14.1 Å². The van der Waals surface area contributed by atoms with Crippen LogP contribution in [-0.2, 0) is 15.0 Å². The van der Waals surface area contributed by atoms with Crippen LogP contribution >= 0.6 is 0 Å². The molecule has 0 saturated heterocycles. The first-order chi connectivity index (χ1) is 8.05. The van der Waals surface area contributed by atoms with Gasteiger partial charge in [-0.3, -0.25) is 9.59 Å². The quantitative estimate of drug-likeness (QED) is 0.796. The highest BCUT2D eigenvalue weighted by molar-refractivity contribution is 6.09. The van der Waals surface area contributed by atoms with E-state index in [1.165, 1.54) is 13.8 Å². The molecule has 6 nitrogen and oxygen atoms in total. The molecule has 0 fully saturated rings. The molecule has 1 rings (SSSR count). The molecule has 0 aliphatic heterocycles. The lowest BCUT2D eigenvalue weighted by molar-refractivity contribution is -0.136. The summed E-state index contributed by atoms with van der Waals surface area (Å²) in [4.78, 5) is 23.0. The van der Waals surface area contributed by atoms with Gasteiger partial charge in [-0.05, 0) is 13.8 Å². The molecule has 0 aromatic carbocycles. The molecule has 18 heavy (non-hydrogen) atoms. The summed E-state index contributed by atoms with van der Waals surface area (Å²) in [7, 11) is 0. The lowest BCUT2D eigenvalue weighted by Crippen LogP contribution is -2.42. The third-order valence-electron chi connectivity index (χ3n) is 2.67. The molecule has 0 spiro atoms. The fraction of sp³-hybridized carbons (Fsp3) is 0.583. The first-order valence-corrected chi connectivity index (χ1v) is 5.63. The van der Waals surface area contributed by atoms with Crippen molar-refractivity contribution in [3.8, 4) is 0 Å². The topological polar surface area (TPSA) is 98.2 Å². The van der Waals surface area contributed by atoms with E-state index in [0.717, 1.165) is 0 Å². The molecule has 2 amide bonds. The molecule has 0 atom stereocenters. The van der Waals surface area contributed by atoms with E-state index in [0.29, 0.717) is 5.76 Å². The largest absolute Gasteiger partial charge is 0.369 e. The summed E-state index contributed by atoms with van der Waals surface area (Å²) < 4.78 is 5.12. The number of nitrogens with zero attached hydrogens (tertiary/aromatic N) is 1. The average molecular weight is 253 g/mol. The van der Waals surface area contributed by atoms with Crippen molar-refractivity contribution in [1.82, 2.24) is 5.16 Å². The van der Waals surface area contributed by atoms with E-state index < -0.39 is 17.2 Å². The van der Waals surface area contributed by atoms with E-state index in [-0.39, 0.29) is 11.2 Å². The van der Waals surface area contributed by atoms with Gasteiger partial charge in [-0.25, -0.2) is 0 Å². The van der Waals surface area contributed by atoms with Crippen molar-refractivity contribution >= 4 is 17.6 Å². The number of carbonyl (C=O) groups excluding carboxylic acids is 2. The molecule has 6 heteroatoms. The summed E-state index contributed by atoms with van der Waals surface area (Å²) in [5, 5.41) is 6.25. The SMILES string of the molecule is CC(C)(C(N)=O)C(=O)Nc1cc(C(C)(C)C)on1. The molecule has 1 aromatic rings. The number of amides is 2. The summed E-state index contributed by atoms with van der Waals surface area (Å²) >= 11 is 0. The van der Waals surface area contributed by atoms with Crippen LogP contribution in [0.25, 0.3) is 0 Å². The van der Waals surface area contributed by atoms with E-state index in [1.807, 2.05) is 20.8 Å². The van der Waals surface area contributed by atoms with Crippen LogP contribution in [-0.4, -0.2) is 17.0 Å². The molecule has 0 unspecified atom stereocenters. The third kappa shape index (κ3) is 2.88. The zero-order valence-electron chi connectivity index (χ0n) is 11.3. The number of nitrogens with one attached hydrogen (secondary N) is 1. The maximum atomic E-state index is 11.8. The van der Waals surface area contributed by atoms with Gasteiger partial charge in [0.1, 0.15) is 11.2 Å². The highest BCUT2D eigenvalue weighted by atomic mass is 16.5. The van der Waals surface area contributed by atoms with Crippen molar-refractivity contribution in [1.29, 1.82) is 0 Å². The Balaban J connectivity index is 2.84. The molecule has 1 heterocycles. The van der Waals surface area contributed by atoms with Gasteiger partial charge < -0.3 is 15.6 Å². The second-order valence-electron chi connectivity index (χ2n) is 5.77. The zero-order valence-corrected chi connectivity index (χ0v) is 11.3. The van der Waals surface area contributed by atoms with Gasteiger partial charge in [0.25, 0.3) is 0 Å². The number of carbonyl (C=O) groups is 2. The van der Waals surface area contributed by atoms with Gasteiger partial charge in [0.15, 0.2) is 5.82 Å². The van der Waals surface area contributed by atoms with Crippen LogP contribution in [0.4, 0.5) is 5.82 Å². The third-order valence-corrected chi connectivity index (χ3v) is 2.67. The van der Waals surface area contributed by atoms with Crippen LogP contribution in [0.15, 0.2) is 10.6 Å². The summed E-state index contributed by atoms with van der Waals surface area (Å²) in [6.07, 6.45) is 0. The van der Waals surface area contributed by atoms with Gasteiger partial charge in [-0.2, -0.15) is 0 Å². The van der Waals surface area contributed by atoms with Crippen molar-refractivity contribution in [2.75, 3.05) is 5.32 Å². The van der Waals surface area contributed by atoms with Crippen LogP contribution in [0.1, 0.15) is 40.4 Å². The number of nitrogens with two attached hydrogens (primary N) is 1. The summed E-state index contributed by atoms with van der Waals surface area (Å²) in [5.41, 5.74) is 3.67. The van der Waals surface area contributed by atoms with E-state index >= 15 is 0 Å². The standard InChI is InChI=1S/C12H19N3O3/c1-11(2,3)7-6-8(15-18-7)14-10(17)12(4,5)9(13)16/h6H,1-5H3,(H2,13,16)(H,14,15,17). The lowest BCUT2D eigenvalue weighted by Gasteiger charge is -2.18. The van der Waals surface area contributed by atoms with Crippen molar-refractivity contribution in [3.63, 3.8) is 0 Å². The smallest absolute Gasteiger partial charge is 0.240 e. The van der Waals surface area contributed by atoms with Crippen LogP contribution in [0.5, 0.6) is 0 Å². The minimum atomic E-state index is -1.29. The number of primary amides is 1. The van der Waals surface area contributed by atoms with E-state index in [2.05, 4.69) is 10.5 Å². The monoisotopic (exact) mass is 253 g/mol. The van der Waals surface area contributed by atoms with E-state index in [4.69, 9.17) is 10.3 Å². The Bertz CT molecular complexity index is 469. The van der Waals surface area contributed by atoms with Gasteiger partial charge in [0, 0.05) is 11.5 Å². The maximum absolute atomic E-state index is 11.8. The molecule has 0 aliphatic rings. The number of hydrogen-bond donors (Lipinski definition) is 2. The normalized spacial score (nSPS) is 12.3. The van der Waals surface area contributed by atoms with Crippen LogP contribution in [0.3, 0.4) is 0 Å². The molecule has 100 valence electrons. The summed E-state index contributed by atoms with van der Waals surface area (Å²) in [6.45, 7) is 8.80. The molecule has 0 bridgehead atoms. The molecule has 0 saturated carbocycles. The molecule has 0 aliphatic carbocycles. The highest BCUT2D eigenvalue weighted by Gasteiger charge is 2.34. The second-order valence-corrected chi connectivity index (χ2v) is 5.77. The fourth-order valence-electron chi connectivity index (χ4n) is 1.07. The molecular formula is C12H19N3O3. The number of aromatic nitrogens is 1. The Hall–Kier alpha value is -1.85. The van der Waals surface area contributed by atoms with Gasteiger partial charge in [-0.1, -0.05) is 25.9 Å². The lowest BCUT2D eigenvalue weighted by atomic mass is 9.91. The molecule has 0 radical (unpaired) electrons. The first-order valence-electron chi connectivity index (χ1n) is 5.63. The number of rotatable bonds is 3. The Labute approximate surface area is 106 Å². The minimum Gasteiger partial charge on any atom is -0.369 e. The van der Waals surface area contributed by atoms with Gasteiger partial charge in [-0.15, -0.1) is 0 Å². The second kappa shape index (κ2) is 4.44. The Morgan fingerprint density at radius 3 is 2.22 bits per heavy atom. The van der Waals surface area contributed by atoms with Crippen molar-refractivity contribution in [3.05, 3.63) is 11.8 Å². The van der Waals surface area contributed by atoms with Gasteiger partial charge in [0.05, 0.1) is 0 Å². The van der Waals surface area contributed by atoms with Gasteiger partial charge >= 0.3 is 0 Å². The Morgan fingerprint density at radius 2 is 1.83 bits per heavy atom. The Kier molecular flexibility index (Phi) is 3.50. The van der Waals surface area contributed by atoms with Crippen LogP contribution < -0.4 is 11.1 Å². The molecular weight excluding hydrogens is 234 g/mol. The highest BCUT2D eigenvalue weighted by Crippen LogP contribution is 2.25. The van der Waals surface area contributed by atoms with Crippen LogP contribution in [0, 0.1) is 5.41 Å². The van der Waals surface area contributed by atoms with Gasteiger partial charge in [0.2, 0.25) is 11.8 Å². The summed E-state index contributed by atoms with van der Waals surface area (Å²) in [5.74, 6) is -0.280. The predicted molar refractivity (Wildman–Crippen MR) is 66.8 cm³/mol. The van der Waals surface area contributed by atoms with E-state index in [9.17, 15) is 9.59 Å². The first kappa shape index (κ1) is 14.2. The predicted octanol–water partition coefficient (Wildman–Crippen LogP) is 1.42. The zero-order chi connectivity index (χ0) is 14.1. The molecule has 1 aromatic heterocycles. The minimum absolute atomic E-state index is 0.199. The molecule has 3 N–H and O–H groups in total. The Morgan fingerprint density at radius 1 is 1.28 bits per heavy atom. The van der Waals surface area contributed by atoms with Crippen LogP contribution in [0.2, 0.25) is 0 Å².